The van der Waals surface area contributed by atoms with Gasteiger partial charge in [-0.15, -0.1) is 22.7 Å². The molecule has 2 N–H and O–H groups in total. The van der Waals surface area contributed by atoms with Crippen LogP contribution in [0.3, 0.4) is 0 Å². The second-order valence-electron chi connectivity index (χ2n) is 5.67. The molecule has 2 aromatic rings. The van der Waals surface area contributed by atoms with Gasteiger partial charge in [-0.2, -0.15) is 0 Å². The van der Waals surface area contributed by atoms with Crippen LogP contribution in [-0.2, 0) is 13.1 Å². The van der Waals surface area contributed by atoms with Crippen LogP contribution < -0.4 is 10.6 Å². The van der Waals surface area contributed by atoms with Crippen LogP contribution in [0, 0.1) is 0 Å². The molecule has 0 spiro atoms. The molecule has 2 atom stereocenters. The summed E-state index contributed by atoms with van der Waals surface area (Å²) in [5.74, 6) is 0. The van der Waals surface area contributed by atoms with Crippen LogP contribution in [0.25, 0.3) is 0 Å². The smallest absolute Gasteiger partial charge is 0.0701 e. The van der Waals surface area contributed by atoms with Crippen molar-refractivity contribution in [1.29, 1.82) is 0 Å². The fraction of sp³-hybridized carbons (Fsp3) is 0.500. The minimum atomic E-state index is 0.582. The predicted molar refractivity (Wildman–Crippen MR) is 104 cm³/mol. The van der Waals surface area contributed by atoms with E-state index in [9.17, 15) is 0 Å². The molecule has 0 aliphatic heterocycles. The number of nitrogens with one attached hydrogen (secondary N) is 2. The minimum Gasteiger partial charge on any atom is -0.308 e. The van der Waals surface area contributed by atoms with Gasteiger partial charge < -0.3 is 10.6 Å². The van der Waals surface area contributed by atoms with Gasteiger partial charge in [-0.25, -0.2) is 0 Å². The summed E-state index contributed by atoms with van der Waals surface area (Å²) in [4.78, 5) is 2.80. The van der Waals surface area contributed by atoms with Gasteiger partial charge in [0.15, 0.2) is 0 Å². The molecule has 2 nitrogen and oxygen atoms in total. The number of hydrogen-bond acceptors (Lipinski definition) is 4. The largest absolute Gasteiger partial charge is 0.308 e. The molecule has 3 rings (SSSR count). The molecular formula is C16H20Br2N2S2. The number of thiophene rings is 2. The molecule has 0 bridgehead atoms. The Morgan fingerprint density at radius 1 is 0.818 bits per heavy atom. The third-order valence-electron chi connectivity index (χ3n) is 4.10. The van der Waals surface area contributed by atoms with Crippen molar-refractivity contribution < 1.29 is 0 Å². The molecule has 1 saturated carbocycles. The first kappa shape index (κ1) is 17.1. The van der Waals surface area contributed by atoms with Gasteiger partial charge in [0.2, 0.25) is 0 Å². The Morgan fingerprint density at radius 2 is 1.27 bits per heavy atom. The molecule has 0 unspecified atom stereocenters. The second kappa shape index (κ2) is 8.40. The summed E-state index contributed by atoms with van der Waals surface area (Å²) >= 11 is 10.7. The van der Waals surface area contributed by atoms with Crippen LogP contribution >= 0.6 is 54.5 Å². The van der Waals surface area contributed by atoms with E-state index in [0.29, 0.717) is 12.1 Å². The van der Waals surface area contributed by atoms with Crippen molar-refractivity contribution in [2.75, 3.05) is 0 Å². The van der Waals surface area contributed by atoms with Gasteiger partial charge in [0.05, 0.1) is 7.57 Å². The van der Waals surface area contributed by atoms with E-state index in [0.717, 1.165) is 13.1 Å². The quantitative estimate of drug-likeness (QED) is 0.588. The second-order valence-corrected chi connectivity index (χ2v) is 10.8. The summed E-state index contributed by atoms with van der Waals surface area (Å²) < 4.78 is 2.43. The Balaban J connectivity index is 1.51. The lowest BCUT2D eigenvalue weighted by atomic mass is 9.90. The monoisotopic (exact) mass is 462 g/mol. The van der Waals surface area contributed by atoms with Crippen LogP contribution in [-0.4, -0.2) is 12.1 Å². The van der Waals surface area contributed by atoms with E-state index in [-0.39, 0.29) is 0 Å². The zero-order chi connectivity index (χ0) is 15.4. The molecule has 6 heteroatoms. The highest BCUT2D eigenvalue weighted by Crippen LogP contribution is 2.25. The first-order valence-corrected chi connectivity index (χ1v) is 10.9. The van der Waals surface area contributed by atoms with Gasteiger partial charge in [0, 0.05) is 34.9 Å². The first-order valence-electron chi connectivity index (χ1n) is 7.66. The SMILES string of the molecule is Brc1ccc(CN[C@@H]2CCCC[C@H]2NCc2ccc(Br)s2)s1. The van der Waals surface area contributed by atoms with Gasteiger partial charge >= 0.3 is 0 Å². The van der Waals surface area contributed by atoms with E-state index in [4.69, 9.17) is 0 Å². The average Bonchev–Trinajstić information content (AvgIpc) is 3.12. The molecule has 1 fully saturated rings. The molecular weight excluding hydrogens is 444 g/mol. The predicted octanol–water partition coefficient (Wildman–Crippen LogP) is 5.53. The third-order valence-corrected chi connectivity index (χ3v) is 7.35. The van der Waals surface area contributed by atoms with Crippen LogP contribution in [0.15, 0.2) is 31.8 Å². The number of rotatable bonds is 6. The molecule has 0 radical (unpaired) electrons. The Bertz CT molecular complexity index is 544. The van der Waals surface area contributed by atoms with Crippen molar-refractivity contribution in [2.45, 2.75) is 50.9 Å². The van der Waals surface area contributed by atoms with Gasteiger partial charge in [0.1, 0.15) is 0 Å². The van der Waals surface area contributed by atoms with E-state index in [1.54, 1.807) is 0 Å². The van der Waals surface area contributed by atoms with Crippen molar-refractivity contribution in [1.82, 2.24) is 10.6 Å². The summed E-state index contributed by atoms with van der Waals surface area (Å²) in [7, 11) is 0. The van der Waals surface area contributed by atoms with Crippen LogP contribution in [0.4, 0.5) is 0 Å². The summed E-state index contributed by atoms with van der Waals surface area (Å²) in [6.45, 7) is 1.95. The molecule has 0 saturated heterocycles. The molecule has 1 aliphatic carbocycles. The summed E-state index contributed by atoms with van der Waals surface area (Å²) in [5.41, 5.74) is 0. The Kier molecular flexibility index (Phi) is 6.53. The van der Waals surface area contributed by atoms with Gasteiger partial charge in [-0.05, 0) is 69.0 Å². The van der Waals surface area contributed by atoms with Crippen molar-refractivity contribution >= 4 is 54.5 Å². The van der Waals surface area contributed by atoms with Crippen LogP contribution in [0.5, 0.6) is 0 Å². The summed E-state index contributed by atoms with van der Waals surface area (Å²) in [6.07, 6.45) is 5.24. The van der Waals surface area contributed by atoms with E-state index < -0.39 is 0 Å². The van der Waals surface area contributed by atoms with E-state index in [1.807, 2.05) is 22.7 Å². The lowest BCUT2D eigenvalue weighted by Gasteiger charge is -2.33. The van der Waals surface area contributed by atoms with Gasteiger partial charge in [-0.3, -0.25) is 0 Å². The van der Waals surface area contributed by atoms with Gasteiger partial charge in [-0.1, -0.05) is 12.8 Å². The molecule has 120 valence electrons. The highest BCUT2D eigenvalue weighted by Gasteiger charge is 2.24. The van der Waals surface area contributed by atoms with Crippen LogP contribution in [0.1, 0.15) is 35.4 Å². The topological polar surface area (TPSA) is 24.1 Å². The average molecular weight is 464 g/mol. The molecule has 2 aromatic heterocycles. The highest BCUT2D eigenvalue weighted by molar-refractivity contribution is 9.11. The summed E-state index contributed by atoms with van der Waals surface area (Å²) in [6, 6.07) is 9.84. The Morgan fingerprint density at radius 3 is 1.64 bits per heavy atom. The Hall–Kier alpha value is 0.280. The zero-order valence-electron chi connectivity index (χ0n) is 12.3. The third kappa shape index (κ3) is 4.89. The zero-order valence-corrected chi connectivity index (χ0v) is 17.1. The van der Waals surface area contributed by atoms with Crippen molar-refractivity contribution in [3.63, 3.8) is 0 Å². The molecule has 0 amide bonds. The normalized spacial score (nSPS) is 22.1. The fourth-order valence-corrected chi connectivity index (χ4v) is 5.84. The minimum absolute atomic E-state index is 0.582. The number of hydrogen-bond donors (Lipinski definition) is 2. The standard InChI is InChI=1S/C16H20Br2N2S2/c17-15-7-5-11(21-15)9-19-13-3-1-2-4-14(13)20-10-12-6-8-16(18)22-12/h5-8,13-14,19-20H,1-4,9-10H2/t13-,14-/m1/s1. The van der Waals surface area contributed by atoms with Crippen molar-refractivity contribution in [3.05, 3.63) is 41.6 Å². The van der Waals surface area contributed by atoms with Crippen LogP contribution in [0.2, 0.25) is 0 Å². The molecule has 2 heterocycles. The molecule has 22 heavy (non-hydrogen) atoms. The fourth-order valence-electron chi connectivity index (χ4n) is 2.98. The van der Waals surface area contributed by atoms with E-state index in [1.165, 1.54) is 43.0 Å². The maximum Gasteiger partial charge on any atom is 0.0701 e. The highest BCUT2D eigenvalue weighted by atomic mass is 79.9. The molecule has 1 aliphatic rings. The van der Waals surface area contributed by atoms with E-state index in [2.05, 4.69) is 66.8 Å². The Labute approximate surface area is 157 Å². The van der Waals surface area contributed by atoms with Crippen molar-refractivity contribution in [2.24, 2.45) is 0 Å². The van der Waals surface area contributed by atoms with Gasteiger partial charge in [0.25, 0.3) is 0 Å². The van der Waals surface area contributed by atoms with E-state index >= 15 is 0 Å². The molecule has 0 aromatic carbocycles. The number of halogens is 2. The maximum absolute atomic E-state index is 3.76. The van der Waals surface area contributed by atoms with Crippen molar-refractivity contribution in [3.8, 4) is 0 Å². The first-order chi connectivity index (χ1) is 10.7. The lowest BCUT2D eigenvalue weighted by Crippen LogP contribution is -2.49. The maximum atomic E-state index is 3.76. The lowest BCUT2D eigenvalue weighted by molar-refractivity contribution is 0.282. The summed E-state index contributed by atoms with van der Waals surface area (Å²) in [5, 5.41) is 7.53.